The lowest BCUT2D eigenvalue weighted by atomic mass is 10.0. The summed E-state index contributed by atoms with van der Waals surface area (Å²) in [6, 6.07) is 4.73. The van der Waals surface area contributed by atoms with Crippen LogP contribution < -0.4 is 5.32 Å². The second-order valence-electron chi connectivity index (χ2n) is 6.50. The zero-order chi connectivity index (χ0) is 21.1. The molecule has 1 unspecified atom stereocenters. The van der Waals surface area contributed by atoms with Gasteiger partial charge in [-0.2, -0.15) is 0 Å². The van der Waals surface area contributed by atoms with Crippen LogP contribution in [0.2, 0.25) is 0 Å². The van der Waals surface area contributed by atoms with Gasteiger partial charge in [-0.1, -0.05) is 6.92 Å². The van der Waals surface area contributed by atoms with Gasteiger partial charge in [0, 0.05) is 18.6 Å². The maximum Gasteiger partial charge on any atom is 0.358 e. The van der Waals surface area contributed by atoms with Crippen LogP contribution in [0.5, 0.6) is 0 Å². The number of ether oxygens (including phenoxy) is 1. The molecule has 2 aliphatic heterocycles. The Labute approximate surface area is 170 Å². The van der Waals surface area contributed by atoms with E-state index < -0.39 is 28.2 Å². The molecule has 0 saturated carbocycles. The number of carbonyl (C=O) groups is 3. The number of non-ortho nitro benzene ring substituents is 1. The minimum Gasteiger partial charge on any atom is -0.509 e. The molecule has 1 fully saturated rings. The van der Waals surface area contributed by atoms with Crippen LogP contribution >= 0.6 is 11.8 Å². The molecule has 0 aliphatic carbocycles. The number of aliphatic hydroxyl groups excluding tert-OH is 1. The molecule has 2 N–H and O–H groups in total. The number of esters is 1. The standard InChI is InChI=1S/C18H19N3O7S/c1-2-3-13(23)19-14-16(24)20-15(12(22)9-29-17(14)20)18(25)28-8-10-4-6-11(7-5-10)21(26)27/h4-7,14,17,22H,2-3,8-9H2,1H3,(H,19,23)/t14?,17-/m1/s1. The molecule has 2 amide bonds. The molecule has 1 saturated heterocycles. The van der Waals surface area contributed by atoms with Crippen LogP contribution in [-0.4, -0.2) is 49.9 Å². The van der Waals surface area contributed by atoms with Crippen LogP contribution in [0, 0.1) is 10.1 Å². The first-order chi connectivity index (χ1) is 13.8. The molecule has 2 aliphatic rings. The van der Waals surface area contributed by atoms with E-state index in [1.807, 2.05) is 6.92 Å². The van der Waals surface area contributed by atoms with Crippen molar-refractivity contribution in [3.63, 3.8) is 0 Å². The first-order valence-corrected chi connectivity index (χ1v) is 9.95. The van der Waals surface area contributed by atoms with E-state index in [1.165, 1.54) is 36.0 Å². The number of aliphatic hydroxyl groups is 1. The van der Waals surface area contributed by atoms with E-state index in [-0.39, 0.29) is 35.4 Å². The number of amides is 2. The number of nitro benzene ring substituents is 1. The molecule has 0 aromatic heterocycles. The van der Waals surface area contributed by atoms with Gasteiger partial charge in [-0.15, -0.1) is 11.8 Å². The van der Waals surface area contributed by atoms with Crippen LogP contribution in [0.3, 0.4) is 0 Å². The first-order valence-electron chi connectivity index (χ1n) is 8.90. The third-order valence-electron chi connectivity index (χ3n) is 4.45. The Morgan fingerprint density at radius 3 is 2.69 bits per heavy atom. The van der Waals surface area contributed by atoms with Crippen molar-refractivity contribution >= 4 is 35.2 Å². The summed E-state index contributed by atoms with van der Waals surface area (Å²) in [5.74, 6) is -1.77. The van der Waals surface area contributed by atoms with Crippen LogP contribution in [0.15, 0.2) is 35.7 Å². The van der Waals surface area contributed by atoms with Gasteiger partial charge in [0.25, 0.3) is 11.6 Å². The lowest BCUT2D eigenvalue weighted by Crippen LogP contribution is -2.70. The quantitative estimate of drug-likeness (QED) is 0.293. The molecule has 1 aromatic rings. The highest BCUT2D eigenvalue weighted by molar-refractivity contribution is 8.00. The largest absolute Gasteiger partial charge is 0.509 e. The van der Waals surface area contributed by atoms with Gasteiger partial charge in [-0.3, -0.25) is 24.6 Å². The van der Waals surface area contributed by atoms with Gasteiger partial charge in [-0.05, 0) is 24.1 Å². The predicted molar refractivity (Wildman–Crippen MR) is 102 cm³/mol. The fourth-order valence-corrected chi connectivity index (χ4v) is 4.20. The molecule has 154 valence electrons. The summed E-state index contributed by atoms with van der Waals surface area (Å²) >= 11 is 1.24. The molecule has 0 radical (unpaired) electrons. The SMILES string of the molecule is CCCC(=O)NC1C(=O)N2C(C(=O)OCc3ccc([N+](=O)[O-])cc3)=C(O)CS[C@H]12. The summed E-state index contributed by atoms with van der Waals surface area (Å²) < 4.78 is 5.18. The molecule has 0 spiro atoms. The van der Waals surface area contributed by atoms with E-state index in [2.05, 4.69) is 5.32 Å². The van der Waals surface area contributed by atoms with E-state index in [9.17, 15) is 29.6 Å². The monoisotopic (exact) mass is 421 g/mol. The zero-order valence-electron chi connectivity index (χ0n) is 15.5. The lowest BCUT2D eigenvalue weighted by molar-refractivity contribution is -0.384. The van der Waals surface area contributed by atoms with Gasteiger partial charge in [-0.25, -0.2) is 4.79 Å². The Kier molecular flexibility index (Phi) is 6.06. The van der Waals surface area contributed by atoms with Gasteiger partial charge >= 0.3 is 5.97 Å². The van der Waals surface area contributed by atoms with E-state index in [1.54, 1.807) is 0 Å². The number of benzene rings is 1. The van der Waals surface area contributed by atoms with Crippen molar-refractivity contribution in [1.82, 2.24) is 10.2 Å². The Morgan fingerprint density at radius 1 is 1.38 bits per heavy atom. The Hall–Kier alpha value is -3.08. The molecular weight excluding hydrogens is 402 g/mol. The Bertz CT molecular complexity index is 884. The number of nitrogens with zero attached hydrogens (tertiary/aromatic N) is 2. The molecule has 2 heterocycles. The summed E-state index contributed by atoms with van der Waals surface area (Å²) in [6.45, 7) is 1.67. The van der Waals surface area contributed by atoms with Crippen molar-refractivity contribution in [3.8, 4) is 0 Å². The highest BCUT2D eigenvalue weighted by Gasteiger charge is 2.54. The number of nitrogens with one attached hydrogen (secondary N) is 1. The molecule has 10 nitrogen and oxygen atoms in total. The molecule has 1 aromatic carbocycles. The number of rotatable bonds is 7. The molecule has 0 bridgehead atoms. The van der Waals surface area contributed by atoms with E-state index in [0.29, 0.717) is 18.4 Å². The van der Waals surface area contributed by atoms with E-state index >= 15 is 0 Å². The summed E-state index contributed by atoms with van der Waals surface area (Å²) in [5, 5.41) is 23.0. The number of hydrogen-bond acceptors (Lipinski definition) is 8. The van der Waals surface area contributed by atoms with Crippen molar-refractivity contribution in [2.24, 2.45) is 0 Å². The van der Waals surface area contributed by atoms with Gasteiger partial charge in [0.05, 0.1) is 10.7 Å². The van der Waals surface area contributed by atoms with Gasteiger partial charge in [0.15, 0.2) is 5.70 Å². The average Bonchev–Trinajstić information content (AvgIpc) is 2.70. The third kappa shape index (κ3) is 4.19. The van der Waals surface area contributed by atoms with Gasteiger partial charge in [0.1, 0.15) is 23.8 Å². The smallest absolute Gasteiger partial charge is 0.358 e. The minimum atomic E-state index is -0.877. The third-order valence-corrected chi connectivity index (χ3v) is 5.72. The topological polar surface area (TPSA) is 139 Å². The summed E-state index contributed by atoms with van der Waals surface area (Å²) in [4.78, 5) is 48.0. The van der Waals surface area contributed by atoms with Crippen LogP contribution in [0.4, 0.5) is 5.69 Å². The zero-order valence-corrected chi connectivity index (χ0v) is 16.3. The van der Waals surface area contributed by atoms with Crippen molar-refractivity contribution in [1.29, 1.82) is 0 Å². The predicted octanol–water partition coefficient (Wildman–Crippen LogP) is 1.61. The fraction of sp³-hybridized carbons (Fsp3) is 0.389. The highest BCUT2D eigenvalue weighted by Crippen LogP contribution is 2.40. The van der Waals surface area contributed by atoms with Crippen molar-refractivity contribution in [2.75, 3.05) is 5.75 Å². The number of nitro groups is 1. The fourth-order valence-electron chi connectivity index (χ4n) is 3.00. The number of β-lactam (4-membered cyclic amide) rings is 1. The maximum atomic E-state index is 12.5. The number of carbonyl (C=O) groups excluding carboxylic acids is 3. The second-order valence-corrected chi connectivity index (χ2v) is 7.60. The number of hydrogen-bond donors (Lipinski definition) is 2. The second kappa shape index (κ2) is 8.52. The maximum absolute atomic E-state index is 12.5. The molecule has 29 heavy (non-hydrogen) atoms. The van der Waals surface area contributed by atoms with Crippen LogP contribution in [0.25, 0.3) is 0 Å². The highest BCUT2D eigenvalue weighted by atomic mass is 32.2. The summed E-state index contributed by atoms with van der Waals surface area (Å²) in [5.41, 5.74) is 0.196. The van der Waals surface area contributed by atoms with Crippen LogP contribution in [0.1, 0.15) is 25.3 Å². The average molecular weight is 421 g/mol. The van der Waals surface area contributed by atoms with Crippen molar-refractivity contribution in [2.45, 2.75) is 37.8 Å². The van der Waals surface area contributed by atoms with Gasteiger partial charge in [0.2, 0.25) is 5.91 Å². The van der Waals surface area contributed by atoms with E-state index in [4.69, 9.17) is 4.74 Å². The first kappa shape index (κ1) is 20.6. The Morgan fingerprint density at radius 2 is 2.07 bits per heavy atom. The molecular formula is C18H19N3O7S. The molecule has 11 heteroatoms. The van der Waals surface area contributed by atoms with Crippen molar-refractivity contribution in [3.05, 3.63) is 51.4 Å². The van der Waals surface area contributed by atoms with Crippen molar-refractivity contribution < 1.29 is 29.2 Å². The number of thioether (sulfide) groups is 1. The number of fused-ring (bicyclic) bond motifs is 1. The lowest BCUT2D eigenvalue weighted by Gasteiger charge is -2.48. The van der Waals surface area contributed by atoms with Gasteiger partial charge < -0.3 is 15.2 Å². The van der Waals surface area contributed by atoms with E-state index in [0.717, 1.165) is 4.90 Å². The minimum absolute atomic E-state index is 0.0880. The summed E-state index contributed by atoms with van der Waals surface area (Å²) in [6.07, 6.45) is 0.946. The van der Waals surface area contributed by atoms with Crippen LogP contribution in [-0.2, 0) is 25.7 Å². The Balaban J connectivity index is 1.65. The normalized spacial score (nSPS) is 20.6. The summed E-state index contributed by atoms with van der Waals surface area (Å²) in [7, 11) is 0. The molecule has 2 atom stereocenters. The molecule has 3 rings (SSSR count).